The Bertz CT molecular complexity index is 2120. The third-order valence-corrected chi connectivity index (χ3v) is 17.2. The highest BCUT2D eigenvalue weighted by molar-refractivity contribution is 6.90. The molecule has 1 fully saturated rings. The van der Waals surface area contributed by atoms with Crippen LogP contribution in [0.4, 0.5) is 40.8 Å². The predicted molar refractivity (Wildman–Crippen MR) is 195 cm³/mol. The molecular formula is C39H41F8N5O3Si. The molecule has 3 aromatic rings. The number of carbonyl (C=O) groups is 2. The fraction of sp³-hybridized carbons (Fsp3) is 0.436. The van der Waals surface area contributed by atoms with E-state index >= 15 is 8.78 Å². The molecule has 2 aliphatic rings. The maximum Gasteiger partial charge on any atom is 0.433 e. The molecule has 1 unspecified atom stereocenters. The molecule has 2 N–H and O–H groups in total. The van der Waals surface area contributed by atoms with Crippen LogP contribution in [-0.2, 0) is 28.5 Å². The van der Waals surface area contributed by atoms with Crippen molar-refractivity contribution >= 4 is 25.6 Å². The number of hydrogen-bond acceptors (Lipinski definition) is 6. The Morgan fingerprint density at radius 2 is 1.59 bits per heavy atom. The first-order valence-electron chi connectivity index (χ1n) is 17.9. The van der Waals surface area contributed by atoms with Gasteiger partial charge in [0, 0.05) is 17.7 Å². The Hall–Kier alpha value is -4.82. The van der Waals surface area contributed by atoms with E-state index in [1.807, 2.05) is 0 Å². The highest BCUT2D eigenvalue weighted by atomic mass is 28.3. The monoisotopic (exact) mass is 807 g/mol. The van der Waals surface area contributed by atoms with Crippen LogP contribution >= 0.6 is 0 Å². The molecule has 3 heterocycles. The van der Waals surface area contributed by atoms with E-state index in [0.717, 1.165) is 11.1 Å². The Balaban J connectivity index is 1.52. The number of halogens is 8. The summed E-state index contributed by atoms with van der Waals surface area (Å²) in [4.78, 5) is 34.8. The minimum absolute atomic E-state index is 0.156. The number of hydrogen-bond donors (Lipinski definition) is 2. The van der Waals surface area contributed by atoms with Crippen LogP contribution in [0.15, 0.2) is 54.1 Å². The highest BCUT2D eigenvalue weighted by Gasteiger charge is 2.53. The number of amides is 2. The molecule has 300 valence electrons. The number of carbonyl (C=O) groups excluding carboxylic acids is 2. The lowest BCUT2D eigenvalue weighted by molar-refractivity contribution is -0.160. The van der Waals surface area contributed by atoms with Crippen molar-refractivity contribution in [1.29, 1.82) is 0 Å². The van der Waals surface area contributed by atoms with Crippen LogP contribution in [0.2, 0.25) is 16.6 Å². The molecule has 0 bridgehead atoms. The number of nitrogens with one attached hydrogen (secondary N) is 1. The average Bonchev–Trinajstić information content (AvgIpc) is 3.51. The number of rotatable bonds is 8. The summed E-state index contributed by atoms with van der Waals surface area (Å²) in [5.74, 6) is -2.73. The Morgan fingerprint density at radius 3 is 2.18 bits per heavy atom. The van der Waals surface area contributed by atoms with E-state index in [1.54, 1.807) is 0 Å². The second-order valence-electron chi connectivity index (χ2n) is 15.1. The van der Waals surface area contributed by atoms with Gasteiger partial charge in [0.05, 0.1) is 34.6 Å². The van der Waals surface area contributed by atoms with E-state index in [2.05, 4.69) is 68.3 Å². The van der Waals surface area contributed by atoms with Crippen LogP contribution in [0.1, 0.15) is 83.7 Å². The maximum atomic E-state index is 15.8. The topological polar surface area (TPSA) is 98.7 Å². The molecule has 0 radical (unpaired) electrons. The minimum Gasteiger partial charge on any atom is -0.509 e. The molecule has 8 nitrogen and oxygen atoms in total. The molecular weight excluding hydrogens is 767 g/mol. The van der Waals surface area contributed by atoms with Gasteiger partial charge in [-0.1, -0.05) is 53.5 Å². The fourth-order valence-electron chi connectivity index (χ4n) is 8.01. The number of aliphatic hydroxyl groups excluding tert-OH is 1. The molecule has 1 atom stereocenters. The summed E-state index contributed by atoms with van der Waals surface area (Å²) in [6, 6.07) is 4.82. The fourth-order valence-corrected chi connectivity index (χ4v) is 13.2. The lowest BCUT2D eigenvalue weighted by Crippen LogP contribution is -2.60. The zero-order chi connectivity index (χ0) is 41.7. The Morgan fingerprint density at radius 1 is 0.946 bits per heavy atom. The highest BCUT2D eigenvalue weighted by Crippen LogP contribution is 2.44. The Labute approximate surface area is 320 Å². The summed E-state index contributed by atoms with van der Waals surface area (Å²) in [5.41, 5.74) is -3.04. The molecule has 0 aliphatic carbocycles. The van der Waals surface area contributed by atoms with Crippen LogP contribution < -0.4 is 5.32 Å². The standard InChI is InChI=1S/C39H41F8N5O3Si/c1-21(2)56(22(3)4,23(5)6)16-13-24-9-10-25(33(41)32(24)40)19-51-36(55)31(34(53)37(7)14-8-15-52(37)51)35(54)50-28-12-11-26(38(42,43)44)17-27(28)29-18-30(39(45,46)47)49-20-48-29/h9-12,17-18,20-23,53H,8,14-15,19H2,1-7H3,(H,50,54). The predicted octanol–water partition coefficient (Wildman–Crippen LogP) is 9.59. The number of aliphatic hydroxyl groups is 1. The van der Waals surface area contributed by atoms with Crippen LogP contribution in [0, 0.1) is 23.1 Å². The smallest absolute Gasteiger partial charge is 0.433 e. The zero-order valence-corrected chi connectivity index (χ0v) is 32.7. The van der Waals surface area contributed by atoms with Gasteiger partial charge in [-0.05, 0) is 66.7 Å². The van der Waals surface area contributed by atoms with Gasteiger partial charge in [0.2, 0.25) is 0 Å². The van der Waals surface area contributed by atoms with Crippen LogP contribution in [0.3, 0.4) is 0 Å². The summed E-state index contributed by atoms with van der Waals surface area (Å²) >= 11 is 0. The molecule has 1 aromatic heterocycles. The van der Waals surface area contributed by atoms with E-state index in [0.29, 0.717) is 30.9 Å². The zero-order valence-electron chi connectivity index (χ0n) is 31.7. The third-order valence-electron chi connectivity index (χ3n) is 10.9. The van der Waals surface area contributed by atoms with Crippen molar-refractivity contribution in [2.75, 3.05) is 11.9 Å². The third kappa shape index (κ3) is 7.65. The number of anilines is 1. The normalized spacial score (nSPS) is 18.2. The van der Waals surface area contributed by atoms with Gasteiger partial charge >= 0.3 is 12.4 Å². The van der Waals surface area contributed by atoms with Gasteiger partial charge in [0.15, 0.2) is 11.6 Å². The second-order valence-corrected chi connectivity index (χ2v) is 20.7. The lowest BCUT2D eigenvalue weighted by atomic mass is 9.90. The molecule has 0 spiro atoms. The largest absolute Gasteiger partial charge is 0.509 e. The quantitative estimate of drug-likeness (QED) is 0.102. The Kier molecular flexibility index (Phi) is 11.5. The number of fused-ring (bicyclic) bond motifs is 1. The average molecular weight is 808 g/mol. The molecule has 17 heteroatoms. The molecule has 2 aliphatic heterocycles. The number of aromatic nitrogens is 2. The number of alkyl halides is 6. The van der Waals surface area contributed by atoms with Crippen molar-refractivity contribution in [2.45, 2.75) is 102 Å². The van der Waals surface area contributed by atoms with E-state index in [-0.39, 0.29) is 40.7 Å². The van der Waals surface area contributed by atoms with Crippen LogP contribution in [0.25, 0.3) is 11.3 Å². The van der Waals surface area contributed by atoms with Crippen molar-refractivity contribution in [2.24, 2.45) is 0 Å². The summed E-state index contributed by atoms with van der Waals surface area (Å²) in [7, 11) is -2.31. The van der Waals surface area contributed by atoms with E-state index < -0.39 is 95.5 Å². The first-order valence-corrected chi connectivity index (χ1v) is 20.1. The molecule has 2 aromatic carbocycles. The van der Waals surface area contributed by atoms with Crippen molar-refractivity contribution < 1.29 is 49.8 Å². The van der Waals surface area contributed by atoms with Crippen LogP contribution in [0.5, 0.6) is 0 Å². The molecule has 0 saturated carbocycles. The van der Waals surface area contributed by atoms with Gasteiger partial charge in [-0.15, -0.1) is 5.54 Å². The van der Waals surface area contributed by atoms with Crippen molar-refractivity contribution in [1.82, 2.24) is 20.0 Å². The molecule has 2 amide bonds. The summed E-state index contributed by atoms with van der Waals surface area (Å²) in [6.07, 6.45) is -8.81. The van der Waals surface area contributed by atoms with E-state index in [1.165, 1.54) is 24.1 Å². The van der Waals surface area contributed by atoms with Gasteiger partial charge in [0.1, 0.15) is 31.4 Å². The van der Waals surface area contributed by atoms with Gasteiger partial charge < -0.3 is 10.4 Å². The minimum atomic E-state index is -4.99. The van der Waals surface area contributed by atoms with Gasteiger partial charge in [0.25, 0.3) is 11.8 Å². The van der Waals surface area contributed by atoms with Gasteiger partial charge in [-0.3, -0.25) is 14.6 Å². The second kappa shape index (κ2) is 15.3. The summed E-state index contributed by atoms with van der Waals surface area (Å²) in [5, 5.41) is 16.1. The van der Waals surface area contributed by atoms with E-state index in [9.17, 15) is 41.0 Å². The van der Waals surface area contributed by atoms with Crippen molar-refractivity contribution in [3.05, 3.63) is 88.1 Å². The lowest BCUT2D eigenvalue weighted by Gasteiger charge is -2.46. The number of nitrogens with zero attached hydrogens (tertiary/aromatic N) is 4. The first kappa shape index (κ1) is 42.3. The van der Waals surface area contributed by atoms with Crippen molar-refractivity contribution in [3.8, 4) is 22.7 Å². The molecule has 5 rings (SSSR count). The number of benzene rings is 2. The van der Waals surface area contributed by atoms with Crippen LogP contribution in [-0.4, -0.2) is 57.1 Å². The SMILES string of the molecule is CC(C)[Si](C#Cc1ccc(CN2C(=O)C(C(=O)Nc3ccc(C(F)(F)F)cc3-c3cc(C(F)(F)F)ncn3)=C(O)C3(C)CCCN23)c(F)c1F)(C(C)C)C(C)C. The summed E-state index contributed by atoms with van der Waals surface area (Å²) < 4.78 is 113. The number of hydrazine groups is 1. The maximum absolute atomic E-state index is 15.8. The van der Waals surface area contributed by atoms with E-state index in [4.69, 9.17) is 0 Å². The molecule has 56 heavy (non-hydrogen) atoms. The van der Waals surface area contributed by atoms with Gasteiger partial charge in [-0.25, -0.2) is 23.8 Å². The van der Waals surface area contributed by atoms with Gasteiger partial charge in [-0.2, -0.15) is 26.3 Å². The molecule has 1 saturated heterocycles. The summed E-state index contributed by atoms with van der Waals surface area (Å²) in [6.45, 7) is 13.6. The van der Waals surface area contributed by atoms with Crippen molar-refractivity contribution in [3.63, 3.8) is 0 Å². The first-order chi connectivity index (χ1) is 25.9.